The van der Waals surface area contributed by atoms with Gasteiger partial charge in [0, 0.05) is 24.6 Å². The van der Waals surface area contributed by atoms with Crippen molar-refractivity contribution in [1.29, 1.82) is 0 Å². The average Bonchev–Trinajstić information content (AvgIpc) is 2.22. The summed E-state index contributed by atoms with van der Waals surface area (Å²) in [7, 11) is 0. The summed E-state index contributed by atoms with van der Waals surface area (Å²) in [6.45, 7) is 4.75. The predicted molar refractivity (Wildman–Crippen MR) is 69.6 cm³/mol. The molecule has 0 atom stereocenters. The minimum atomic E-state index is 1.18. The lowest BCUT2D eigenvalue weighted by Crippen LogP contribution is -2.22. The van der Waals surface area contributed by atoms with Crippen molar-refractivity contribution in [3.8, 4) is 0 Å². The topological polar surface area (TPSA) is 24.1 Å². The Morgan fingerprint density at radius 2 is 1.07 bits per heavy atom. The Kier molecular flexibility index (Phi) is 9.20. The van der Waals surface area contributed by atoms with Crippen molar-refractivity contribution in [1.82, 2.24) is 10.6 Å². The Bertz CT molecular complexity index is 69.4. The molecule has 1 saturated heterocycles. The quantitative estimate of drug-likeness (QED) is 0.662. The molecule has 0 radical (unpaired) electrons. The summed E-state index contributed by atoms with van der Waals surface area (Å²) >= 11 is 4.14. The van der Waals surface area contributed by atoms with Crippen LogP contribution in [0.1, 0.15) is 12.8 Å². The van der Waals surface area contributed by atoms with E-state index in [9.17, 15) is 0 Å². The van der Waals surface area contributed by atoms with Gasteiger partial charge in [0.05, 0.1) is 0 Å². The number of hydrogen-bond acceptors (Lipinski definition) is 4. The fourth-order valence-electron chi connectivity index (χ4n) is 1.34. The maximum absolute atomic E-state index is 3.48. The molecule has 1 aliphatic rings. The molecule has 0 aromatic rings. The van der Waals surface area contributed by atoms with Gasteiger partial charge in [-0.3, -0.25) is 0 Å². The van der Waals surface area contributed by atoms with Crippen LogP contribution in [-0.4, -0.2) is 49.2 Å². The summed E-state index contributed by atoms with van der Waals surface area (Å²) in [6.07, 6.45) is 2.64. The largest absolute Gasteiger partial charge is 0.316 e. The molecule has 84 valence electrons. The minimum Gasteiger partial charge on any atom is -0.316 e. The van der Waals surface area contributed by atoms with Crippen molar-refractivity contribution in [3.63, 3.8) is 0 Å². The fraction of sp³-hybridized carbons (Fsp3) is 1.00. The van der Waals surface area contributed by atoms with Crippen LogP contribution in [0.15, 0.2) is 0 Å². The van der Waals surface area contributed by atoms with E-state index in [1.165, 1.54) is 62.0 Å². The van der Waals surface area contributed by atoms with Crippen molar-refractivity contribution in [2.45, 2.75) is 12.8 Å². The summed E-state index contributed by atoms with van der Waals surface area (Å²) in [5.41, 5.74) is 0. The van der Waals surface area contributed by atoms with Crippen molar-refractivity contribution in [2.75, 3.05) is 49.2 Å². The van der Waals surface area contributed by atoms with E-state index in [2.05, 4.69) is 22.4 Å². The summed E-state index contributed by atoms with van der Waals surface area (Å²) in [5, 5.41) is 6.97. The minimum absolute atomic E-state index is 1.18. The van der Waals surface area contributed by atoms with Crippen molar-refractivity contribution >= 4 is 23.5 Å². The molecule has 1 aliphatic heterocycles. The summed E-state index contributed by atoms with van der Waals surface area (Å²) in [6, 6.07) is 0. The van der Waals surface area contributed by atoms with Gasteiger partial charge in [0.25, 0.3) is 0 Å². The second-order valence-corrected chi connectivity index (χ2v) is 5.88. The zero-order valence-corrected chi connectivity index (χ0v) is 10.5. The molecule has 0 spiro atoms. The van der Waals surface area contributed by atoms with Gasteiger partial charge in [-0.1, -0.05) is 0 Å². The number of hydrogen-bond donors (Lipinski definition) is 2. The first-order chi connectivity index (χ1) is 7.00. The second kappa shape index (κ2) is 10.1. The molecule has 1 rings (SSSR count). The van der Waals surface area contributed by atoms with Gasteiger partial charge < -0.3 is 10.6 Å². The van der Waals surface area contributed by atoms with E-state index in [0.717, 1.165) is 0 Å². The van der Waals surface area contributed by atoms with E-state index < -0.39 is 0 Å². The van der Waals surface area contributed by atoms with Crippen LogP contribution in [0.4, 0.5) is 0 Å². The molecule has 2 N–H and O–H groups in total. The highest BCUT2D eigenvalue weighted by atomic mass is 32.2. The zero-order valence-electron chi connectivity index (χ0n) is 8.89. The molecule has 14 heavy (non-hydrogen) atoms. The molecule has 0 amide bonds. The van der Waals surface area contributed by atoms with Gasteiger partial charge >= 0.3 is 0 Å². The predicted octanol–water partition coefficient (Wildman–Crippen LogP) is 1.43. The van der Waals surface area contributed by atoms with Crippen LogP contribution in [-0.2, 0) is 0 Å². The van der Waals surface area contributed by atoms with Gasteiger partial charge in [-0.2, -0.15) is 23.5 Å². The van der Waals surface area contributed by atoms with Gasteiger partial charge in [0.2, 0.25) is 0 Å². The van der Waals surface area contributed by atoms with E-state index in [0.29, 0.717) is 0 Å². The maximum Gasteiger partial charge on any atom is 0.00585 e. The van der Waals surface area contributed by atoms with Crippen molar-refractivity contribution in [2.24, 2.45) is 0 Å². The van der Waals surface area contributed by atoms with Crippen LogP contribution >= 0.6 is 23.5 Å². The SMILES string of the molecule is C1CNCCSCCNCCCSC1. The van der Waals surface area contributed by atoms with Crippen molar-refractivity contribution in [3.05, 3.63) is 0 Å². The lowest BCUT2D eigenvalue weighted by Gasteiger charge is -2.08. The van der Waals surface area contributed by atoms with Crippen LogP contribution in [0.2, 0.25) is 0 Å². The molecular formula is C10H22N2S2. The highest BCUT2D eigenvalue weighted by Crippen LogP contribution is 2.04. The highest BCUT2D eigenvalue weighted by Gasteiger charge is 1.94. The molecule has 0 aliphatic carbocycles. The second-order valence-electron chi connectivity index (χ2n) is 3.43. The molecular weight excluding hydrogens is 212 g/mol. The molecule has 0 unspecified atom stereocenters. The van der Waals surface area contributed by atoms with Gasteiger partial charge in [-0.15, -0.1) is 0 Å². The lowest BCUT2D eigenvalue weighted by atomic mass is 10.5. The normalized spacial score (nSPS) is 24.0. The van der Waals surface area contributed by atoms with E-state index in [4.69, 9.17) is 0 Å². The molecule has 0 bridgehead atoms. The Balaban J connectivity index is 2.00. The number of thioether (sulfide) groups is 2. The molecule has 4 heteroatoms. The number of nitrogens with one attached hydrogen (secondary N) is 2. The van der Waals surface area contributed by atoms with Crippen molar-refractivity contribution < 1.29 is 0 Å². The van der Waals surface area contributed by atoms with E-state index in [1.807, 2.05) is 11.8 Å². The first kappa shape index (κ1) is 12.7. The van der Waals surface area contributed by atoms with E-state index in [1.54, 1.807) is 0 Å². The van der Waals surface area contributed by atoms with Gasteiger partial charge in [0.15, 0.2) is 0 Å². The summed E-state index contributed by atoms with van der Waals surface area (Å²) < 4.78 is 0. The molecule has 1 fully saturated rings. The molecule has 2 nitrogen and oxygen atoms in total. The van der Waals surface area contributed by atoms with E-state index in [-0.39, 0.29) is 0 Å². The Hall–Kier alpha value is 0.620. The monoisotopic (exact) mass is 234 g/mol. The van der Waals surface area contributed by atoms with Gasteiger partial charge in [0.1, 0.15) is 0 Å². The smallest absolute Gasteiger partial charge is 0.00585 e. The van der Waals surface area contributed by atoms with Crippen LogP contribution in [0.5, 0.6) is 0 Å². The third-order valence-corrected chi connectivity index (χ3v) is 4.27. The Labute approximate surface area is 96.4 Å². The fourth-order valence-corrected chi connectivity index (χ4v) is 3.02. The van der Waals surface area contributed by atoms with Crippen LogP contribution in [0, 0.1) is 0 Å². The van der Waals surface area contributed by atoms with Crippen LogP contribution in [0.3, 0.4) is 0 Å². The van der Waals surface area contributed by atoms with Crippen LogP contribution in [0.25, 0.3) is 0 Å². The van der Waals surface area contributed by atoms with E-state index >= 15 is 0 Å². The molecule has 0 saturated carbocycles. The molecule has 0 aromatic carbocycles. The Morgan fingerprint density at radius 3 is 1.64 bits per heavy atom. The lowest BCUT2D eigenvalue weighted by molar-refractivity contribution is 0.699. The first-order valence-electron chi connectivity index (χ1n) is 5.57. The third kappa shape index (κ3) is 7.97. The average molecular weight is 234 g/mol. The van der Waals surface area contributed by atoms with Gasteiger partial charge in [-0.05, 0) is 37.4 Å². The standard InChI is InChI=1S/C10H22N2S2/c1-3-11-5-9-14-10-6-12-4-2-8-13-7-1/h11-12H,1-10H2. The summed E-state index contributed by atoms with van der Waals surface area (Å²) in [5.74, 6) is 5.16. The number of rotatable bonds is 0. The maximum atomic E-state index is 3.48. The summed E-state index contributed by atoms with van der Waals surface area (Å²) in [4.78, 5) is 0. The zero-order chi connectivity index (χ0) is 9.90. The third-order valence-electron chi connectivity index (χ3n) is 2.13. The molecule has 1 heterocycles. The first-order valence-corrected chi connectivity index (χ1v) is 7.88. The molecule has 0 aromatic heterocycles. The van der Waals surface area contributed by atoms with Gasteiger partial charge in [-0.25, -0.2) is 0 Å². The highest BCUT2D eigenvalue weighted by molar-refractivity contribution is 7.99. The van der Waals surface area contributed by atoms with Crippen LogP contribution < -0.4 is 10.6 Å². The Morgan fingerprint density at radius 1 is 0.571 bits per heavy atom.